The number of ether oxygens (including phenoxy) is 1. The standard InChI is InChI=1S/C23H26Cl2N2O3/c24-18-5-1-16(2-6-18)13-22(28)26-14-17-3-9-20(10-4-17)27-23(29)15-30-21-11-7-19(25)8-12-21/h1-2,5-8,11-12,17,20H,3-4,9-10,13-15H2,(H,26,28)(H,27,29). The topological polar surface area (TPSA) is 67.4 Å². The van der Waals surface area contributed by atoms with Crippen LogP contribution in [0.3, 0.4) is 0 Å². The van der Waals surface area contributed by atoms with Crippen molar-refractivity contribution in [3.05, 3.63) is 64.1 Å². The van der Waals surface area contributed by atoms with Crippen molar-refractivity contribution in [2.24, 2.45) is 5.92 Å². The van der Waals surface area contributed by atoms with E-state index >= 15 is 0 Å². The van der Waals surface area contributed by atoms with E-state index in [0.717, 1.165) is 31.2 Å². The van der Waals surface area contributed by atoms with E-state index in [1.807, 2.05) is 12.1 Å². The minimum Gasteiger partial charge on any atom is -0.484 e. The molecular formula is C23H26Cl2N2O3. The summed E-state index contributed by atoms with van der Waals surface area (Å²) in [6.07, 6.45) is 4.12. The van der Waals surface area contributed by atoms with Crippen LogP contribution in [0.25, 0.3) is 0 Å². The van der Waals surface area contributed by atoms with E-state index in [4.69, 9.17) is 27.9 Å². The monoisotopic (exact) mass is 448 g/mol. The Labute approximate surface area is 187 Å². The van der Waals surface area contributed by atoms with Gasteiger partial charge in [-0.3, -0.25) is 9.59 Å². The van der Waals surface area contributed by atoms with Crippen LogP contribution in [0.15, 0.2) is 48.5 Å². The first-order valence-electron chi connectivity index (χ1n) is 10.2. The average Bonchev–Trinajstić information content (AvgIpc) is 2.74. The van der Waals surface area contributed by atoms with Gasteiger partial charge in [-0.05, 0) is 73.6 Å². The van der Waals surface area contributed by atoms with Gasteiger partial charge in [-0.25, -0.2) is 0 Å². The fourth-order valence-corrected chi connectivity index (χ4v) is 3.82. The molecule has 0 aromatic heterocycles. The van der Waals surface area contributed by atoms with Gasteiger partial charge < -0.3 is 15.4 Å². The van der Waals surface area contributed by atoms with Gasteiger partial charge in [0.1, 0.15) is 5.75 Å². The Morgan fingerprint density at radius 1 is 0.867 bits per heavy atom. The molecule has 3 rings (SSSR count). The molecule has 2 N–H and O–H groups in total. The van der Waals surface area contributed by atoms with Gasteiger partial charge in [0, 0.05) is 22.6 Å². The summed E-state index contributed by atoms with van der Waals surface area (Å²) in [5.41, 5.74) is 0.948. The van der Waals surface area contributed by atoms with Crippen molar-refractivity contribution in [1.82, 2.24) is 10.6 Å². The number of hydrogen-bond donors (Lipinski definition) is 2. The normalized spacial score (nSPS) is 18.5. The van der Waals surface area contributed by atoms with Gasteiger partial charge in [-0.15, -0.1) is 0 Å². The molecule has 0 unspecified atom stereocenters. The second-order valence-electron chi connectivity index (χ2n) is 7.64. The molecule has 2 aromatic carbocycles. The Morgan fingerprint density at radius 3 is 2.10 bits per heavy atom. The minimum atomic E-state index is -0.121. The molecule has 0 heterocycles. The van der Waals surface area contributed by atoms with Crippen molar-refractivity contribution in [3.63, 3.8) is 0 Å². The summed E-state index contributed by atoms with van der Waals surface area (Å²) in [4.78, 5) is 24.3. The number of carbonyl (C=O) groups is 2. The van der Waals surface area contributed by atoms with E-state index in [1.54, 1.807) is 36.4 Å². The molecule has 1 aliphatic rings. The van der Waals surface area contributed by atoms with Crippen molar-refractivity contribution in [2.45, 2.75) is 38.1 Å². The number of rotatable bonds is 8. The molecule has 0 spiro atoms. The molecule has 7 heteroatoms. The molecule has 30 heavy (non-hydrogen) atoms. The molecular weight excluding hydrogens is 423 g/mol. The summed E-state index contributed by atoms with van der Waals surface area (Å²) in [7, 11) is 0. The molecule has 0 saturated heterocycles. The summed E-state index contributed by atoms with van der Waals surface area (Å²) in [6, 6.07) is 14.4. The number of hydrogen-bond acceptors (Lipinski definition) is 3. The second kappa shape index (κ2) is 11.2. The zero-order valence-electron chi connectivity index (χ0n) is 16.7. The molecule has 160 valence electrons. The van der Waals surface area contributed by atoms with Crippen molar-refractivity contribution in [2.75, 3.05) is 13.2 Å². The molecule has 1 fully saturated rings. The van der Waals surface area contributed by atoms with Gasteiger partial charge in [0.25, 0.3) is 5.91 Å². The number of halogens is 2. The van der Waals surface area contributed by atoms with Gasteiger partial charge >= 0.3 is 0 Å². The summed E-state index contributed by atoms with van der Waals surface area (Å²) in [6.45, 7) is 0.662. The van der Waals surface area contributed by atoms with Crippen molar-refractivity contribution in [3.8, 4) is 5.75 Å². The highest BCUT2D eigenvalue weighted by atomic mass is 35.5. The number of nitrogens with one attached hydrogen (secondary N) is 2. The van der Waals surface area contributed by atoms with Crippen LogP contribution in [0.2, 0.25) is 10.0 Å². The zero-order valence-corrected chi connectivity index (χ0v) is 18.2. The summed E-state index contributed by atoms with van der Waals surface area (Å²) in [5, 5.41) is 7.36. The van der Waals surface area contributed by atoms with Crippen LogP contribution in [-0.2, 0) is 16.0 Å². The number of carbonyl (C=O) groups excluding carboxylic acids is 2. The molecule has 2 aromatic rings. The molecule has 1 aliphatic carbocycles. The Kier molecular flexibility index (Phi) is 8.40. The first kappa shape index (κ1) is 22.4. The predicted octanol–water partition coefficient (Wildman–Crippen LogP) is 4.41. The predicted molar refractivity (Wildman–Crippen MR) is 119 cm³/mol. The molecule has 0 radical (unpaired) electrons. The highest BCUT2D eigenvalue weighted by Crippen LogP contribution is 2.24. The Bertz CT molecular complexity index is 833. The fourth-order valence-electron chi connectivity index (χ4n) is 3.57. The van der Waals surface area contributed by atoms with Gasteiger partial charge in [0.2, 0.25) is 5.91 Å². The first-order valence-corrected chi connectivity index (χ1v) is 10.9. The second-order valence-corrected chi connectivity index (χ2v) is 8.51. The lowest BCUT2D eigenvalue weighted by Crippen LogP contribution is -2.41. The van der Waals surface area contributed by atoms with Crippen LogP contribution in [0, 0.1) is 5.92 Å². The lowest BCUT2D eigenvalue weighted by Gasteiger charge is -2.29. The SMILES string of the molecule is O=C(Cc1ccc(Cl)cc1)NCC1CCC(NC(=O)COc2ccc(Cl)cc2)CC1. The van der Waals surface area contributed by atoms with Crippen LogP contribution >= 0.6 is 23.2 Å². The van der Waals surface area contributed by atoms with Crippen LogP contribution in [-0.4, -0.2) is 31.0 Å². The van der Waals surface area contributed by atoms with Crippen molar-refractivity contribution >= 4 is 35.0 Å². The Hall–Kier alpha value is -2.24. The maximum atomic E-state index is 12.1. The van der Waals surface area contributed by atoms with E-state index in [2.05, 4.69) is 10.6 Å². The fraction of sp³-hybridized carbons (Fsp3) is 0.391. The Balaban J connectivity index is 1.30. The van der Waals surface area contributed by atoms with Gasteiger partial charge in [-0.2, -0.15) is 0 Å². The third-order valence-corrected chi connectivity index (χ3v) is 5.77. The number of benzene rings is 2. The largest absolute Gasteiger partial charge is 0.484 e. The zero-order chi connectivity index (χ0) is 21.3. The maximum Gasteiger partial charge on any atom is 0.258 e. The first-order chi connectivity index (χ1) is 14.5. The molecule has 5 nitrogen and oxygen atoms in total. The van der Waals surface area contributed by atoms with Crippen LogP contribution in [0.5, 0.6) is 5.75 Å². The maximum absolute atomic E-state index is 12.1. The average molecular weight is 449 g/mol. The molecule has 0 bridgehead atoms. The van der Waals surface area contributed by atoms with E-state index in [1.165, 1.54) is 0 Å². The molecule has 0 atom stereocenters. The highest BCUT2D eigenvalue weighted by molar-refractivity contribution is 6.30. The van der Waals surface area contributed by atoms with E-state index in [9.17, 15) is 9.59 Å². The molecule has 1 saturated carbocycles. The van der Waals surface area contributed by atoms with Crippen LogP contribution in [0.1, 0.15) is 31.2 Å². The summed E-state index contributed by atoms with van der Waals surface area (Å²) in [5.74, 6) is 0.960. The molecule has 2 amide bonds. The van der Waals surface area contributed by atoms with Crippen molar-refractivity contribution in [1.29, 1.82) is 0 Å². The van der Waals surface area contributed by atoms with Crippen LogP contribution in [0.4, 0.5) is 0 Å². The van der Waals surface area contributed by atoms with E-state index in [-0.39, 0.29) is 24.5 Å². The highest BCUT2D eigenvalue weighted by Gasteiger charge is 2.23. The quantitative estimate of drug-likeness (QED) is 0.628. The lowest BCUT2D eigenvalue weighted by molar-refractivity contribution is -0.124. The van der Waals surface area contributed by atoms with Crippen LogP contribution < -0.4 is 15.4 Å². The third-order valence-electron chi connectivity index (χ3n) is 5.26. The summed E-state index contributed by atoms with van der Waals surface area (Å²) < 4.78 is 5.48. The smallest absolute Gasteiger partial charge is 0.258 e. The van der Waals surface area contributed by atoms with E-state index in [0.29, 0.717) is 34.7 Å². The van der Waals surface area contributed by atoms with Crippen molar-refractivity contribution < 1.29 is 14.3 Å². The van der Waals surface area contributed by atoms with Gasteiger partial charge in [-0.1, -0.05) is 35.3 Å². The minimum absolute atomic E-state index is 0.0116. The Morgan fingerprint density at radius 2 is 1.47 bits per heavy atom. The lowest BCUT2D eigenvalue weighted by atomic mass is 9.86. The van der Waals surface area contributed by atoms with Gasteiger partial charge in [0.15, 0.2) is 6.61 Å². The molecule has 0 aliphatic heterocycles. The van der Waals surface area contributed by atoms with E-state index < -0.39 is 0 Å². The third kappa shape index (κ3) is 7.54. The number of amides is 2. The summed E-state index contributed by atoms with van der Waals surface area (Å²) >= 11 is 11.7. The van der Waals surface area contributed by atoms with Gasteiger partial charge in [0.05, 0.1) is 6.42 Å².